The van der Waals surface area contributed by atoms with Crippen LogP contribution in [-0.2, 0) is 6.54 Å². The Hall–Kier alpha value is -3.13. The van der Waals surface area contributed by atoms with Gasteiger partial charge in [-0.15, -0.1) is 0 Å². The molecule has 31 heavy (non-hydrogen) atoms. The first kappa shape index (κ1) is 25.9. The normalized spacial score (nSPS) is 10.1. The molecule has 0 unspecified atom stereocenters. The van der Waals surface area contributed by atoms with Crippen LogP contribution in [-0.4, -0.2) is 37.4 Å². The topological polar surface area (TPSA) is 179 Å². The summed E-state index contributed by atoms with van der Waals surface area (Å²) >= 11 is 0. The average Bonchev–Trinajstić information content (AvgIpc) is 2.77. The Kier molecular flexibility index (Phi) is 13.9. The maximum absolute atomic E-state index is 11.5. The highest BCUT2D eigenvalue weighted by Crippen LogP contribution is 2.31. The minimum Gasteiger partial charge on any atom is -0.493 e. The first-order valence-electron chi connectivity index (χ1n) is 10.5. The van der Waals surface area contributed by atoms with Crippen LogP contribution in [0.3, 0.4) is 0 Å². The van der Waals surface area contributed by atoms with Crippen LogP contribution in [0.15, 0.2) is 22.4 Å². The summed E-state index contributed by atoms with van der Waals surface area (Å²) in [5.41, 5.74) is 23.1. The Bertz CT molecular complexity index is 722. The van der Waals surface area contributed by atoms with E-state index in [0.29, 0.717) is 43.4 Å². The summed E-state index contributed by atoms with van der Waals surface area (Å²) in [4.78, 5) is 16.9. The summed E-state index contributed by atoms with van der Waals surface area (Å²) in [6, 6.07) is 2.96. The minimum atomic E-state index is -1.06. The quantitative estimate of drug-likeness (QED) is 0.137. The molecule has 0 saturated carbocycles. The van der Waals surface area contributed by atoms with Crippen LogP contribution < -0.4 is 15.2 Å². The number of nitrogens with two attached hydrogens (primary N) is 1. The van der Waals surface area contributed by atoms with Gasteiger partial charge in [0.2, 0.25) is 0 Å². The largest absolute Gasteiger partial charge is 0.493 e. The van der Waals surface area contributed by atoms with Crippen molar-refractivity contribution >= 4 is 5.97 Å². The van der Waals surface area contributed by atoms with Gasteiger partial charge in [0.15, 0.2) is 0 Å². The summed E-state index contributed by atoms with van der Waals surface area (Å²) in [5.74, 6) is -0.198. The second-order valence-electron chi connectivity index (χ2n) is 6.89. The lowest BCUT2D eigenvalue weighted by molar-refractivity contribution is 0.0695. The zero-order valence-electron chi connectivity index (χ0n) is 17.8. The van der Waals surface area contributed by atoms with E-state index in [2.05, 4.69) is 20.1 Å². The Morgan fingerprint density at radius 1 is 0.871 bits per heavy atom. The van der Waals surface area contributed by atoms with Crippen molar-refractivity contribution in [2.24, 2.45) is 16.0 Å². The second-order valence-corrected chi connectivity index (χ2v) is 6.89. The van der Waals surface area contributed by atoms with Gasteiger partial charge in [0.05, 0.1) is 18.8 Å². The third-order valence-electron chi connectivity index (χ3n) is 4.57. The lowest BCUT2D eigenvalue weighted by Crippen LogP contribution is -2.10. The third kappa shape index (κ3) is 11.0. The molecule has 0 aromatic heterocycles. The van der Waals surface area contributed by atoms with Gasteiger partial charge in [-0.1, -0.05) is 35.9 Å². The molecule has 1 rings (SSSR count). The number of carboxylic acid groups (broad SMARTS) is 1. The Balaban J connectivity index is 2.59. The van der Waals surface area contributed by atoms with Gasteiger partial charge in [-0.05, 0) is 48.9 Å². The number of unbranched alkanes of at least 4 members (excludes halogenated alkanes) is 6. The molecule has 0 aliphatic heterocycles. The molecule has 1 aromatic carbocycles. The molecule has 0 aliphatic rings. The average molecular weight is 434 g/mol. The van der Waals surface area contributed by atoms with Crippen molar-refractivity contribution < 1.29 is 19.4 Å². The molecule has 0 fully saturated rings. The smallest absolute Gasteiger partial charge is 0.335 e. The molecule has 170 valence electrons. The number of hydrogen-bond donors (Lipinski definition) is 2. The zero-order chi connectivity index (χ0) is 22.7. The van der Waals surface area contributed by atoms with Crippen LogP contribution in [0.2, 0.25) is 0 Å². The fourth-order valence-electron chi connectivity index (χ4n) is 2.93. The van der Waals surface area contributed by atoms with E-state index in [1.807, 2.05) is 0 Å². The van der Waals surface area contributed by atoms with E-state index in [1.165, 1.54) is 12.1 Å². The van der Waals surface area contributed by atoms with Crippen molar-refractivity contribution in [2.75, 3.05) is 26.3 Å². The van der Waals surface area contributed by atoms with E-state index in [0.717, 1.165) is 51.4 Å². The number of carboxylic acids is 1. The molecule has 0 heterocycles. The summed E-state index contributed by atoms with van der Waals surface area (Å²) in [6.45, 7) is 2.01. The van der Waals surface area contributed by atoms with Gasteiger partial charge in [0, 0.05) is 35.0 Å². The first-order chi connectivity index (χ1) is 15.1. The summed E-state index contributed by atoms with van der Waals surface area (Å²) in [6.07, 6.45) is 6.94. The lowest BCUT2D eigenvalue weighted by atomic mass is 10.1. The lowest BCUT2D eigenvalue weighted by Gasteiger charge is -2.16. The van der Waals surface area contributed by atoms with Crippen molar-refractivity contribution in [3.63, 3.8) is 0 Å². The van der Waals surface area contributed by atoms with Crippen LogP contribution in [0.1, 0.15) is 67.3 Å². The number of ether oxygens (including phenoxy) is 2. The highest BCUT2D eigenvalue weighted by Gasteiger charge is 2.16. The molecule has 11 nitrogen and oxygen atoms in total. The van der Waals surface area contributed by atoms with E-state index in [1.54, 1.807) is 0 Å². The Morgan fingerprint density at radius 3 is 1.71 bits per heavy atom. The summed E-state index contributed by atoms with van der Waals surface area (Å²) in [7, 11) is 0. The van der Waals surface area contributed by atoms with Gasteiger partial charge in [-0.3, -0.25) is 0 Å². The molecule has 0 saturated heterocycles. The Labute approximate surface area is 181 Å². The Morgan fingerprint density at radius 2 is 1.32 bits per heavy atom. The molecule has 0 radical (unpaired) electrons. The number of nitrogens with zero attached hydrogens (tertiary/aromatic N) is 6. The van der Waals surface area contributed by atoms with Crippen molar-refractivity contribution in [3.05, 3.63) is 44.1 Å². The SMILES string of the molecule is [N-]=[N+]=NCCCCCCOc1cc(C(=O)O)cc(OCCCCCCN=[N+]=[N-])c1CN. The van der Waals surface area contributed by atoms with Crippen LogP contribution in [0, 0.1) is 0 Å². The van der Waals surface area contributed by atoms with Crippen molar-refractivity contribution in [3.8, 4) is 11.5 Å². The van der Waals surface area contributed by atoms with E-state index in [4.69, 9.17) is 26.3 Å². The fraction of sp³-hybridized carbons (Fsp3) is 0.650. The molecule has 0 atom stereocenters. The number of carbonyl (C=O) groups is 1. The molecule has 0 amide bonds. The van der Waals surface area contributed by atoms with E-state index < -0.39 is 5.97 Å². The van der Waals surface area contributed by atoms with E-state index in [9.17, 15) is 9.90 Å². The number of azide groups is 2. The van der Waals surface area contributed by atoms with Crippen LogP contribution in [0.4, 0.5) is 0 Å². The summed E-state index contributed by atoms with van der Waals surface area (Å²) in [5, 5.41) is 16.4. The predicted molar refractivity (Wildman–Crippen MR) is 117 cm³/mol. The van der Waals surface area contributed by atoms with Crippen LogP contribution in [0.25, 0.3) is 20.9 Å². The minimum absolute atomic E-state index is 0.0888. The molecule has 3 N–H and O–H groups in total. The maximum Gasteiger partial charge on any atom is 0.335 e. The van der Waals surface area contributed by atoms with Crippen molar-refractivity contribution in [1.82, 2.24) is 0 Å². The molecular formula is C20H31N7O4. The summed E-state index contributed by atoms with van der Waals surface area (Å²) < 4.78 is 11.6. The van der Waals surface area contributed by atoms with Gasteiger partial charge in [-0.2, -0.15) is 0 Å². The standard InChI is InChI=1S/C20H31N7O4/c21-15-17-18(30-11-7-3-1-5-9-24-26-22)13-16(20(28)29)14-19(17)31-12-8-4-2-6-10-25-27-23/h13-14H,1-12,15,21H2,(H,28,29). The van der Waals surface area contributed by atoms with Crippen LogP contribution in [0.5, 0.6) is 11.5 Å². The van der Waals surface area contributed by atoms with Crippen molar-refractivity contribution in [2.45, 2.75) is 57.9 Å². The van der Waals surface area contributed by atoms with Crippen LogP contribution >= 0.6 is 0 Å². The van der Waals surface area contributed by atoms with E-state index >= 15 is 0 Å². The van der Waals surface area contributed by atoms with Gasteiger partial charge in [0.1, 0.15) is 11.5 Å². The zero-order valence-corrected chi connectivity index (χ0v) is 17.8. The van der Waals surface area contributed by atoms with E-state index in [-0.39, 0.29) is 12.1 Å². The van der Waals surface area contributed by atoms with Gasteiger partial charge < -0.3 is 20.3 Å². The molecule has 1 aromatic rings. The number of hydrogen-bond acceptors (Lipinski definition) is 6. The fourth-order valence-corrected chi connectivity index (χ4v) is 2.93. The third-order valence-corrected chi connectivity index (χ3v) is 4.57. The highest BCUT2D eigenvalue weighted by atomic mass is 16.5. The number of rotatable bonds is 18. The van der Waals surface area contributed by atoms with Gasteiger partial charge >= 0.3 is 5.97 Å². The maximum atomic E-state index is 11.5. The monoisotopic (exact) mass is 433 g/mol. The van der Waals surface area contributed by atoms with Crippen molar-refractivity contribution in [1.29, 1.82) is 0 Å². The molecule has 0 spiro atoms. The van der Waals surface area contributed by atoms with Gasteiger partial charge in [0.25, 0.3) is 0 Å². The first-order valence-corrected chi connectivity index (χ1v) is 10.5. The predicted octanol–water partition coefficient (Wildman–Crippen LogP) is 5.34. The van der Waals surface area contributed by atoms with Gasteiger partial charge in [-0.25, -0.2) is 4.79 Å². The number of benzene rings is 1. The molecule has 0 aliphatic carbocycles. The molecule has 0 bridgehead atoms. The number of aromatic carboxylic acids is 1. The second kappa shape index (κ2) is 16.6. The molecule has 11 heteroatoms. The molecular weight excluding hydrogens is 402 g/mol. The highest BCUT2D eigenvalue weighted by molar-refractivity contribution is 5.89.